The van der Waals surface area contributed by atoms with Crippen molar-refractivity contribution >= 4 is 17.4 Å². The molecule has 2 aromatic rings. The van der Waals surface area contributed by atoms with Crippen molar-refractivity contribution in [3.8, 4) is 0 Å². The van der Waals surface area contributed by atoms with Gasteiger partial charge < -0.3 is 9.67 Å². The van der Waals surface area contributed by atoms with Crippen LogP contribution in [0.3, 0.4) is 0 Å². The Morgan fingerprint density at radius 3 is 2.69 bits per heavy atom. The van der Waals surface area contributed by atoms with Crippen LogP contribution in [0.5, 0.6) is 0 Å². The van der Waals surface area contributed by atoms with E-state index in [-0.39, 0.29) is 18.3 Å². The molecule has 6 heteroatoms. The monoisotopic (exact) mass is 417 g/mol. The quantitative estimate of drug-likeness (QED) is 0.568. The maximum Gasteiger partial charge on any atom is 0.138 e. The highest BCUT2D eigenvalue weighted by Gasteiger charge is 2.32. The molecule has 1 aliphatic carbocycles. The molecule has 1 aliphatic rings. The first-order valence-corrected chi connectivity index (χ1v) is 11.1. The normalized spacial score (nSPS) is 15.1. The topological polar surface area (TPSA) is 68.0 Å². The summed E-state index contributed by atoms with van der Waals surface area (Å²) in [6.45, 7) is 6.40. The van der Waals surface area contributed by atoms with Crippen molar-refractivity contribution in [2.45, 2.75) is 77.7 Å². The second-order valence-electron chi connectivity index (χ2n) is 8.66. The van der Waals surface area contributed by atoms with E-state index in [9.17, 15) is 9.90 Å². The Balaban J connectivity index is 1.77. The summed E-state index contributed by atoms with van der Waals surface area (Å²) in [6, 6.07) is 6.13. The Labute approximate surface area is 178 Å². The molecule has 5 nitrogen and oxygen atoms in total. The lowest BCUT2D eigenvalue weighted by Gasteiger charge is -2.18. The van der Waals surface area contributed by atoms with Gasteiger partial charge in [0.1, 0.15) is 17.4 Å². The van der Waals surface area contributed by atoms with Crippen molar-refractivity contribution < 1.29 is 9.90 Å². The van der Waals surface area contributed by atoms with Crippen LogP contribution in [0.2, 0.25) is 5.02 Å². The fraction of sp³-hybridized carbons (Fsp3) is 0.609. The lowest BCUT2D eigenvalue weighted by Crippen LogP contribution is -2.17. The van der Waals surface area contributed by atoms with Gasteiger partial charge in [0.05, 0.1) is 0 Å². The molecule has 0 amide bonds. The van der Waals surface area contributed by atoms with Crippen molar-refractivity contribution in [3.05, 3.63) is 46.0 Å². The largest absolute Gasteiger partial charge is 0.396 e. The summed E-state index contributed by atoms with van der Waals surface area (Å²) in [6.07, 6.45) is 5.50. The zero-order valence-electron chi connectivity index (χ0n) is 17.7. The van der Waals surface area contributed by atoms with Crippen molar-refractivity contribution in [2.75, 3.05) is 6.61 Å². The molecule has 0 saturated heterocycles. The van der Waals surface area contributed by atoms with Crippen LogP contribution in [0.25, 0.3) is 0 Å². The third kappa shape index (κ3) is 5.67. The van der Waals surface area contributed by atoms with Crippen LogP contribution < -0.4 is 0 Å². The SMILES string of the molecule is Cc1c(Cl)cccc1CC(=O)CC(CCO)c1nnc(CCC(C)C)n1C1CC1. The highest BCUT2D eigenvalue weighted by Crippen LogP contribution is 2.39. The Bertz CT molecular complexity index is 843. The van der Waals surface area contributed by atoms with Gasteiger partial charge in [-0.25, -0.2) is 0 Å². The van der Waals surface area contributed by atoms with Crippen molar-refractivity contribution in [1.82, 2.24) is 14.8 Å². The van der Waals surface area contributed by atoms with Crippen LogP contribution in [-0.2, 0) is 17.6 Å². The Hall–Kier alpha value is -1.72. The molecule has 1 N–H and O–H groups in total. The van der Waals surface area contributed by atoms with Gasteiger partial charge in [0, 0.05) is 42.9 Å². The first-order chi connectivity index (χ1) is 13.9. The maximum absolute atomic E-state index is 12.9. The Morgan fingerprint density at radius 2 is 2.03 bits per heavy atom. The van der Waals surface area contributed by atoms with Crippen LogP contribution in [-0.4, -0.2) is 32.3 Å². The van der Waals surface area contributed by atoms with Gasteiger partial charge in [-0.3, -0.25) is 4.79 Å². The van der Waals surface area contributed by atoms with Crippen LogP contribution in [0.1, 0.15) is 80.7 Å². The molecule has 29 heavy (non-hydrogen) atoms. The standard InChI is InChI=1S/C23H32ClN3O2/c1-15(2)7-10-22-25-26-23(27(22)19-8-9-19)18(11-12-28)14-20(29)13-17-5-4-6-21(24)16(17)3/h4-6,15,18-19,28H,7-14H2,1-3H3. The van der Waals surface area contributed by atoms with E-state index in [1.54, 1.807) is 0 Å². The summed E-state index contributed by atoms with van der Waals surface area (Å²) in [5.74, 6) is 2.54. The van der Waals surface area contributed by atoms with Gasteiger partial charge in [0.2, 0.25) is 0 Å². The second-order valence-corrected chi connectivity index (χ2v) is 9.07. The molecule has 1 aromatic heterocycles. The second kappa shape index (κ2) is 9.86. The number of aliphatic hydroxyl groups is 1. The minimum absolute atomic E-state index is 0.0347. The molecular weight excluding hydrogens is 386 g/mol. The van der Waals surface area contributed by atoms with Crippen LogP contribution >= 0.6 is 11.6 Å². The molecule has 0 radical (unpaired) electrons. The number of aryl methyl sites for hydroxylation is 1. The molecule has 1 atom stereocenters. The van der Waals surface area contributed by atoms with Gasteiger partial charge >= 0.3 is 0 Å². The summed E-state index contributed by atoms with van der Waals surface area (Å²) >= 11 is 6.20. The molecular formula is C23H32ClN3O2. The highest BCUT2D eigenvalue weighted by atomic mass is 35.5. The van der Waals surface area contributed by atoms with Gasteiger partial charge in [0.25, 0.3) is 0 Å². The summed E-state index contributed by atoms with van der Waals surface area (Å²) < 4.78 is 2.26. The third-order valence-corrected chi connectivity index (χ3v) is 6.14. The van der Waals surface area contributed by atoms with Gasteiger partial charge in [-0.2, -0.15) is 0 Å². The average Bonchev–Trinajstić information content (AvgIpc) is 3.42. The van der Waals surface area contributed by atoms with E-state index >= 15 is 0 Å². The number of carbonyl (C=O) groups is 1. The summed E-state index contributed by atoms with van der Waals surface area (Å²) in [4.78, 5) is 12.9. The molecule has 0 bridgehead atoms. The molecule has 1 unspecified atom stereocenters. The minimum atomic E-state index is -0.104. The zero-order chi connectivity index (χ0) is 21.0. The number of carbonyl (C=O) groups excluding carboxylic acids is 1. The molecule has 1 fully saturated rings. The van der Waals surface area contributed by atoms with E-state index in [0.29, 0.717) is 36.2 Å². The predicted octanol–water partition coefficient (Wildman–Crippen LogP) is 4.83. The van der Waals surface area contributed by atoms with Crippen molar-refractivity contribution in [1.29, 1.82) is 0 Å². The molecule has 158 valence electrons. The first kappa shape index (κ1) is 22.0. The number of hydrogen-bond acceptors (Lipinski definition) is 4. The fourth-order valence-electron chi connectivity index (χ4n) is 3.82. The number of aromatic nitrogens is 3. The number of nitrogens with zero attached hydrogens (tertiary/aromatic N) is 3. The number of halogens is 1. The van der Waals surface area contributed by atoms with E-state index in [1.165, 1.54) is 0 Å². The van der Waals surface area contributed by atoms with Gasteiger partial charge in [-0.1, -0.05) is 37.6 Å². The molecule has 0 spiro atoms. The molecule has 1 saturated carbocycles. The number of ketones is 1. The van der Waals surface area contributed by atoms with E-state index in [2.05, 4.69) is 28.6 Å². The molecule has 3 rings (SSSR count). The van der Waals surface area contributed by atoms with Crippen LogP contribution in [0.15, 0.2) is 18.2 Å². The first-order valence-electron chi connectivity index (χ1n) is 10.7. The van der Waals surface area contributed by atoms with Gasteiger partial charge in [0.15, 0.2) is 0 Å². The summed E-state index contributed by atoms with van der Waals surface area (Å²) in [5.41, 5.74) is 1.92. The zero-order valence-corrected chi connectivity index (χ0v) is 18.5. The smallest absolute Gasteiger partial charge is 0.138 e. The van der Waals surface area contributed by atoms with Crippen LogP contribution in [0.4, 0.5) is 0 Å². The van der Waals surface area contributed by atoms with E-state index in [4.69, 9.17) is 11.6 Å². The molecule has 0 aliphatic heterocycles. The summed E-state index contributed by atoms with van der Waals surface area (Å²) in [5, 5.41) is 19.3. The highest BCUT2D eigenvalue weighted by molar-refractivity contribution is 6.31. The maximum atomic E-state index is 12.9. The van der Waals surface area contributed by atoms with E-state index < -0.39 is 0 Å². The lowest BCUT2D eigenvalue weighted by atomic mass is 9.93. The molecule has 1 aromatic carbocycles. The number of hydrogen-bond donors (Lipinski definition) is 1. The predicted molar refractivity (Wildman–Crippen MR) is 115 cm³/mol. The fourth-order valence-corrected chi connectivity index (χ4v) is 4.01. The number of aliphatic hydroxyl groups excluding tert-OH is 1. The van der Waals surface area contributed by atoms with E-state index in [1.807, 2.05) is 25.1 Å². The van der Waals surface area contributed by atoms with Gasteiger partial charge in [-0.05, 0) is 55.7 Å². The van der Waals surface area contributed by atoms with E-state index in [0.717, 1.165) is 48.5 Å². The Morgan fingerprint density at radius 1 is 1.28 bits per heavy atom. The average molecular weight is 418 g/mol. The third-order valence-electron chi connectivity index (χ3n) is 5.73. The van der Waals surface area contributed by atoms with Gasteiger partial charge in [-0.15, -0.1) is 10.2 Å². The number of benzene rings is 1. The summed E-state index contributed by atoms with van der Waals surface area (Å²) in [7, 11) is 0. The minimum Gasteiger partial charge on any atom is -0.396 e. The molecule has 1 heterocycles. The number of Topliss-reactive ketones (excluding diaryl/α,β-unsaturated/α-hetero) is 1. The van der Waals surface area contributed by atoms with Crippen molar-refractivity contribution in [3.63, 3.8) is 0 Å². The Kier molecular flexibility index (Phi) is 7.47. The number of rotatable bonds is 11. The van der Waals surface area contributed by atoms with Crippen LogP contribution in [0, 0.1) is 12.8 Å². The lowest BCUT2D eigenvalue weighted by molar-refractivity contribution is -0.118. The van der Waals surface area contributed by atoms with Crippen molar-refractivity contribution in [2.24, 2.45) is 5.92 Å².